The van der Waals surface area contributed by atoms with Gasteiger partial charge in [0.15, 0.2) is 0 Å². The zero-order valence-electron chi connectivity index (χ0n) is 10.1. The van der Waals surface area contributed by atoms with Crippen LogP contribution in [-0.2, 0) is 0 Å². The van der Waals surface area contributed by atoms with Gasteiger partial charge in [0, 0.05) is 19.0 Å². The Labute approximate surface area is 97.1 Å². The van der Waals surface area contributed by atoms with Gasteiger partial charge in [0.2, 0.25) is 0 Å². The topological polar surface area (TPSA) is 12.0 Å². The Hall–Kier alpha value is -0.890. The van der Waals surface area contributed by atoms with Crippen LogP contribution in [0.5, 0.6) is 0 Å². The second-order valence-electron chi connectivity index (χ2n) is 4.77. The Balaban J connectivity index is 2.37. The molecule has 0 radical (unpaired) electrons. The fourth-order valence-electron chi connectivity index (χ4n) is 3.00. The third-order valence-electron chi connectivity index (χ3n) is 4.25. The number of rotatable bonds is 3. The van der Waals surface area contributed by atoms with Crippen molar-refractivity contribution in [1.29, 1.82) is 0 Å². The summed E-state index contributed by atoms with van der Waals surface area (Å²) in [5.74, 6) is 0.270. The van der Waals surface area contributed by atoms with Gasteiger partial charge in [0.05, 0.1) is 0 Å². The fraction of sp³-hybridized carbons (Fsp3) is 0.571. The Bertz CT molecular complexity index is 358. The molecule has 88 valence electrons. The Kier molecular flexibility index (Phi) is 3.29. The molecule has 1 aliphatic rings. The van der Waals surface area contributed by atoms with Gasteiger partial charge in [-0.3, -0.25) is 0 Å². The van der Waals surface area contributed by atoms with Gasteiger partial charge >= 0.3 is 0 Å². The van der Waals surface area contributed by atoms with E-state index in [2.05, 4.69) is 19.2 Å². The minimum Gasteiger partial charge on any atom is -0.316 e. The second kappa shape index (κ2) is 4.54. The molecule has 0 bridgehead atoms. The minimum absolute atomic E-state index is 0.0533. The average Bonchev–Trinajstić information content (AvgIpc) is 2.74. The van der Waals surface area contributed by atoms with Crippen LogP contribution in [0.4, 0.5) is 4.39 Å². The third-order valence-corrected chi connectivity index (χ3v) is 4.25. The predicted molar refractivity (Wildman–Crippen MR) is 65.0 cm³/mol. The lowest BCUT2D eigenvalue weighted by atomic mass is 9.71. The van der Waals surface area contributed by atoms with E-state index in [9.17, 15) is 4.39 Å². The van der Waals surface area contributed by atoms with E-state index in [0.29, 0.717) is 5.92 Å². The van der Waals surface area contributed by atoms with E-state index in [0.717, 1.165) is 31.5 Å². The quantitative estimate of drug-likeness (QED) is 0.825. The highest BCUT2D eigenvalue weighted by atomic mass is 19.1. The maximum Gasteiger partial charge on any atom is 0.126 e. The molecule has 0 saturated carbocycles. The van der Waals surface area contributed by atoms with E-state index < -0.39 is 0 Å². The molecular weight excluding hydrogens is 201 g/mol. The largest absolute Gasteiger partial charge is 0.316 e. The lowest BCUT2D eigenvalue weighted by Crippen LogP contribution is -2.27. The van der Waals surface area contributed by atoms with Gasteiger partial charge in [-0.2, -0.15) is 0 Å². The molecule has 2 rings (SSSR count). The third kappa shape index (κ3) is 1.75. The number of benzene rings is 1. The molecule has 1 heterocycles. The summed E-state index contributed by atoms with van der Waals surface area (Å²) in [6.45, 7) is 6.34. The summed E-state index contributed by atoms with van der Waals surface area (Å²) in [4.78, 5) is 0. The van der Waals surface area contributed by atoms with E-state index in [1.807, 2.05) is 12.1 Å². The minimum atomic E-state index is -0.0533. The highest BCUT2D eigenvalue weighted by Gasteiger charge is 2.41. The molecule has 1 aromatic rings. The maximum atomic E-state index is 13.8. The van der Waals surface area contributed by atoms with Crippen molar-refractivity contribution in [1.82, 2.24) is 5.32 Å². The molecule has 0 spiro atoms. The molecule has 1 N–H and O–H groups in total. The van der Waals surface area contributed by atoms with E-state index in [-0.39, 0.29) is 11.2 Å². The van der Waals surface area contributed by atoms with Crippen molar-refractivity contribution in [2.45, 2.75) is 32.6 Å². The van der Waals surface area contributed by atoms with E-state index >= 15 is 0 Å². The first kappa shape index (κ1) is 11.6. The first-order valence-corrected chi connectivity index (χ1v) is 6.18. The van der Waals surface area contributed by atoms with Crippen LogP contribution in [0.1, 0.15) is 38.2 Å². The molecule has 1 fully saturated rings. The predicted octanol–water partition coefficient (Wildman–Crippen LogP) is 3.32. The monoisotopic (exact) mass is 221 g/mol. The number of hydrogen-bond donors (Lipinski definition) is 1. The summed E-state index contributed by atoms with van der Waals surface area (Å²) >= 11 is 0. The van der Waals surface area contributed by atoms with Crippen LogP contribution < -0.4 is 5.32 Å². The summed E-state index contributed by atoms with van der Waals surface area (Å²) in [5.41, 5.74) is 1.12. The van der Waals surface area contributed by atoms with Gasteiger partial charge in [0.25, 0.3) is 0 Å². The molecule has 1 aromatic carbocycles. The van der Waals surface area contributed by atoms with Gasteiger partial charge in [-0.25, -0.2) is 4.39 Å². The molecule has 1 saturated heterocycles. The number of hydrogen-bond acceptors (Lipinski definition) is 1. The molecular formula is C14H20FN. The van der Waals surface area contributed by atoms with Gasteiger partial charge in [0.1, 0.15) is 5.82 Å². The standard InChI is InChI=1S/C14H20FN/c1-3-14(4-2)10-16-9-12(14)11-7-5-6-8-13(11)15/h5-8,12,16H,3-4,9-10H2,1-2H3. The fourth-order valence-corrected chi connectivity index (χ4v) is 3.00. The molecule has 1 aliphatic heterocycles. The van der Waals surface area contributed by atoms with E-state index in [1.54, 1.807) is 12.1 Å². The van der Waals surface area contributed by atoms with Crippen LogP contribution in [0.3, 0.4) is 0 Å². The molecule has 1 nitrogen and oxygen atoms in total. The van der Waals surface area contributed by atoms with Crippen LogP contribution in [0.15, 0.2) is 24.3 Å². The van der Waals surface area contributed by atoms with Crippen molar-refractivity contribution < 1.29 is 4.39 Å². The summed E-state index contributed by atoms with van der Waals surface area (Å²) in [6, 6.07) is 7.21. The number of nitrogens with one attached hydrogen (secondary N) is 1. The zero-order valence-corrected chi connectivity index (χ0v) is 10.1. The molecule has 16 heavy (non-hydrogen) atoms. The molecule has 2 heteroatoms. The zero-order chi connectivity index (χ0) is 11.6. The van der Waals surface area contributed by atoms with Crippen molar-refractivity contribution in [3.8, 4) is 0 Å². The SMILES string of the molecule is CCC1(CC)CNCC1c1ccccc1F. The van der Waals surface area contributed by atoms with Crippen LogP contribution in [0, 0.1) is 11.2 Å². The van der Waals surface area contributed by atoms with Crippen LogP contribution in [-0.4, -0.2) is 13.1 Å². The first-order valence-electron chi connectivity index (χ1n) is 6.18. The van der Waals surface area contributed by atoms with Crippen LogP contribution >= 0.6 is 0 Å². The normalized spacial score (nSPS) is 23.6. The van der Waals surface area contributed by atoms with E-state index in [4.69, 9.17) is 0 Å². The summed E-state index contributed by atoms with van der Waals surface area (Å²) < 4.78 is 13.8. The summed E-state index contributed by atoms with van der Waals surface area (Å²) in [6.07, 6.45) is 2.21. The Morgan fingerprint density at radius 2 is 2.00 bits per heavy atom. The lowest BCUT2D eigenvalue weighted by Gasteiger charge is -2.33. The summed E-state index contributed by atoms with van der Waals surface area (Å²) in [5, 5.41) is 3.42. The van der Waals surface area contributed by atoms with Crippen LogP contribution in [0.2, 0.25) is 0 Å². The van der Waals surface area contributed by atoms with Crippen LogP contribution in [0.25, 0.3) is 0 Å². The highest BCUT2D eigenvalue weighted by molar-refractivity contribution is 5.26. The van der Waals surface area contributed by atoms with Gasteiger partial charge in [-0.1, -0.05) is 32.0 Å². The molecule has 1 unspecified atom stereocenters. The van der Waals surface area contributed by atoms with Crippen molar-refractivity contribution in [3.63, 3.8) is 0 Å². The average molecular weight is 221 g/mol. The van der Waals surface area contributed by atoms with Gasteiger partial charge in [-0.15, -0.1) is 0 Å². The van der Waals surface area contributed by atoms with E-state index in [1.165, 1.54) is 0 Å². The Morgan fingerprint density at radius 3 is 2.62 bits per heavy atom. The summed E-state index contributed by atoms with van der Waals surface area (Å²) in [7, 11) is 0. The van der Waals surface area contributed by atoms with Crippen molar-refractivity contribution >= 4 is 0 Å². The second-order valence-corrected chi connectivity index (χ2v) is 4.77. The smallest absolute Gasteiger partial charge is 0.126 e. The lowest BCUT2D eigenvalue weighted by molar-refractivity contribution is 0.256. The highest BCUT2D eigenvalue weighted by Crippen LogP contribution is 2.44. The van der Waals surface area contributed by atoms with Gasteiger partial charge < -0.3 is 5.32 Å². The number of halogens is 1. The molecule has 0 amide bonds. The first-order chi connectivity index (χ1) is 7.73. The Morgan fingerprint density at radius 1 is 1.31 bits per heavy atom. The van der Waals surface area contributed by atoms with Crippen molar-refractivity contribution in [3.05, 3.63) is 35.6 Å². The van der Waals surface area contributed by atoms with Crippen molar-refractivity contribution in [2.24, 2.45) is 5.41 Å². The molecule has 0 aliphatic carbocycles. The molecule has 1 atom stereocenters. The molecule has 0 aromatic heterocycles. The van der Waals surface area contributed by atoms with Gasteiger partial charge in [-0.05, 0) is 29.9 Å². The van der Waals surface area contributed by atoms with Crippen molar-refractivity contribution in [2.75, 3.05) is 13.1 Å². The maximum absolute atomic E-state index is 13.8.